The predicted molar refractivity (Wildman–Crippen MR) is 127 cm³/mol. The molecule has 0 atom stereocenters. The van der Waals surface area contributed by atoms with Gasteiger partial charge in [-0.3, -0.25) is 10.1 Å². The Kier molecular flexibility index (Phi) is 7.87. The van der Waals surface area contributed by atoms with Gasteiger partial charge >= 0.3 is 0 Å². The van der Waals surface area contributed by atoms with Gasteiger partial charge in [-0.1, -0.05) is 35.9 Å². The third kappa shape index (κ3) is 6.10. The number of hydrogen-bond acceptors (Lipinski definition) is 6. The van der Waals surface area contributed by atoms with Crippen LogP contribution in [-0.2, 0) is 4.79 Å². The number of hydrogen-bond donors (Lipinski definition) is 1. The Morgan fingerprint density at radius 1 is 1.19 bits per heavy atom. The highest BCUT2D eigenvalue weighted by Crippen LogP contribution is 2.27. The van der Waals surface area contributed by atoms with Gasteiger partial charge in [0.05, 0.1) is 10.7 Å². The van der Waals surface area contributed by atoms with Crippen molar-refractivity contribution >= 4 is 40.1 Å². The molecule has 0 fully saturated rings. The molecule has 1 N–H and O–H groups in total. The lowest BCUT2D eigenvalue weighted by atomic mass is 10.1. The molecule has 32 heavy (non-hydrogen) atoms. The summed E-state index contributed by atoms with van der Waals surface area (Å²) < 4.78 is 11.6. The molecule has 0 saturated carbocycles. The second kappa shape index (κ2) is 10.8. The molecular weight excluding hydrogens is 446 g/mol. The van der Waals surface area contributed by atoms with Gasteiger partial charge in [0.15, 0.2) is 5.13 Å². The Bertz CT molecular complexity index is 1180. The Balaban J connectivity index is 1.60. The van der Waals surface area contributed by atoms with Crippen LogP contribution in [0.15, 0.2) is 47.4 Å². The van der Waals surface area contributed by atoms with Gasteiger partial charge < -0.3 is 9.47 Å². The van der Waals surface area contributed by atoms with Crippen molar-refractivity contribution in [1.29, 1.82) is 5.26 Å². The minimum absolute atomic E-state index is 0.0513. The molecule has 1 aromatic heterocycles. The second-order valence-electron chi connectivity index (χ2n) is 7.03. The number of rotatable bonds is 8. The summed E-state index contributed by atoms with van der Waals surface area (Å²) in [4.78, 5) is 16.5. The van der Waals surface area contributed by atoms with Crippen molar-refractivity contribution < 1.29 is 14.3 Å². The number of anilines is 1. The van der Waals surface area contributed by atoms with Crippen LogP contribution in [0.25, 0.3) is 6.08 Å². The lowest BCUT2D eigenvalue weighted by Crippen LogP contribution is -2.13. The molecule has 164 valence electrons. The fourth-order valence-electron chi connectivity index (χ4n) is 2.94. The van der Waals surface area contributed by atoms with E-state index in [1.54, 1.807) is 18.2 Å². The molecule has 6 nitrogen and oxygen atoms in total. The summed E-state index contributed by atoms with van der Waals surface area (Å²) in [5, 5.41) is 14.6. The molecule has 0 spiro atoms. The number of amides is 1. The molecule has 1 amide bonds. The number of nitriles is 1. The van der Waals surface area contributed by atoms with Crippen molar-refractivity contribution in [3.05, 3.63) is 74.8 Å². The molecule has 8 heteroatoms. The standard InChI is InChI=1S/C24H22ClN3O3S/c1-15-5-4-6-16(2)22(15)31-10-9-30-21-8-7-18(12-20(21)25)11-19(13-26)23(29)28-24-27-17(3)14-32-24/h4-8,11-12,14H,9-10H2,1-3H3,(H,27,28,29). The number of aromatic nitrogens is 1. The average molecular weight is 468 g/mol. The van der Waals surface area contributed by atoms with E-state index in [4.69, 9.17) is 21.1 Å². The first kappa shape index (κ1) is 23.3. The maximum atomic E-state index is 12.3. The zero-order valence-electron chi connectivity index (χ0n) is 17.9. The highest BCUT2D eigenvalue weighted by atomic mass is 35.5. The molecule has 0 unspecified atom stereocenters. The molecule has 3 aromatic rings. The molecule has 2 aromatic carbocycles. The minimum atomic E-state index is -0.526. The van der Waals surface area contributed by atoms with Gasteiger partial charge in [-0.2, -0.15) is 5.26 Å². The number of ether oxygens (including phenoxy) is 2. The zero-order chi connectivity index (χ0) is 23.1. The molecule has 0 saturated heterocycles. The third-order valence-electron chi connectivity index (χ3n) is 4.47. The smallest absolute Gasteiger partial charge is 0.268 e. The lowest BCUT2D eigenvalue weighted by Gasteiger charge is -2.13. The number of carbonyl (C=O) groups excluding carboxylic acids is 1. The summed E-state index contributed by atoms with van der Waals surface area (Å²) in [5.41, 5.74) is 3.50. The van der Waals surface area contributed by atoms with Gasteiger partial charge in [-0.25, -0.2) is 4.98 Å². The first-order valence-electron chi connectivity index (χ1n) is 9.84. The van der Waals surface area contributed by atoms with Crippen molar-refractivity contribution in [2.45, 2.75) is 20.8 Å². The predicted octanol–water partition coefficient (Wildman–Crippen LogP) is 5.73. The van der Waals surface area contributed by atoms with Crippen molar-refractivity contribution in [3.8, 4) is 17.6 Å². The van der Waals surface area contributed by atoms with Crippen LogP contribution in [0.3, 0.4) is 0 Å². The number of carbonyl (C=O) groups is 1. The first-order chi connectivity index (χ1) is 15.4. The van der Waals surface area contributed by atoms with Gasteiger partial charge in [-0.15, -0.1) is 11.3 Å². The number of aryl methyl sites for hydroxylation is 3. The van der Waals surface area contributed by atoms with E-state index < -0.39 is 5.91 Å². The summed E-state index contributed by atoms with van der Waals surface area (Å²) in [6, 6.07) is 13.0. The van der Waals surface area contributed by atoms with Crippen LogP contribution in [0.4, 0.5) is 5.13 Å². The number of para-hydroxylation sites is 1. The summed E-state index contributed by atoms with van der Waals surface area (Å²) >= 11 is 7.63. The highest BCUT2D eigenvalue weighted by molar-refractivity contribution is 7.13. The van der Waals surface area contributed by atoms with E-state index in [-0.39, 0.29) is 5.57 Å². The van der Waals surface area contributed by atoms with Crippen molar-refractivity contribution in [2.24, 2.45) is 0 Å². The molecule has 3 rings (SSSR count). The van der Waals surface area contributed by atoms with Crippen molar-refractivity contribution in [1.82, 2.24) is 4.98 Å². The monoisotopic (exact) mass is 467 g/mol. The molecule has 0 bridgehead atoms. The molecule has 0 aliphatic rings. The van der Waals surface area contributed by atoms with Gasteiger partial charge in [0, 0.05) is 5.38 Å². The minimum Gasteiger partial charge on any atom is -0.489 e. The molecular formula is C24H22ClN3O3S. The first-order valence-corrected chi connectivity index (χ1v) is 11.1. The topological polar surface area (TPSA) is 84.2 Å². The average Bonchev–Trinajstić information content (AvgIpc) is 3.16. The normalized spacial score (nSPS) is 11.0. The number of benzene rings is 2. The summed E-state index contributed by atoms with van der Waals surface area (Å²) in [5.74, 6) is 0.829. The van der Waals surface area contributed by atoms with E-state index in [0.29, 0.717) is 34.7 Å². The lowest BCUT2D eigenvalue weighted by molar-refractivity contribution is -0.112. The van der Waals surface area contributed by atoms with Crippen LogP contribution in [0.2, 0.25) is 5.02 Å². The van der Waals surface area contributed by atoms with Gasteiger partial charge in [-0.05, 0) is 55.7 Å². The van der Waals surface area contributed by atoms with E-state index >= 15 is 0 Å². The molecule has 0 aliphatic carbocycles. The highest BCUT2D eigenvalue weighted by Gasteiger charge is 2.12. The Morgan fingerprint density at radius 2 is 1.91 bits per heavy atom. The number of thiazole rings is 1. The Morgan fingerprint density at radius 3 is 2.53 bits per heavy atom. The quantitative estimate of drug-likeness (QED) is 0.260. The van der Waals surface area contributed by atoms with E-state index in [9.17, 15) is 10.1 Å². The molecule has 0 aliphatic heterocycles. The second-order valence-corrected chi connectivity index (χ2v) is 8.29. The fraction of sp³-hybridized carbons (Fsp3) is 0.208. The maximum absolute atomic E-state index is 12.3. The number of nitrogens with one attached hydrogen (secondary N) is 1. The third-order valence-corrected chi connectivity index (χ3v) is 5.64. The van der Waals surface area contributed by atoms with E-state index in [2.05, 4.69) is 10.3 Å². The van der Waals surface area contributed by atoms with Crippen molar-refractivity contribution in [3.63, 3.8) is 0 Å². The number of nitrogens with zero attached hydrogens (tertiary/aromatic N) is 2. The Labute approximate surface area is 196 Å². The van der Waals surface area contributed by atoms with E-state index in [1.165, 1.54) is 17.4 Å². The zero-order valence-corrected chi connectivity index (χ0v) is 19.5. The van der Waals surface area contributed by atoms with Crippen LogP contribution in [-0.4, -0.2) is 24.1 Å². The number of halogens is 1. The van der Waals surface area contributed by atoms with E-state index in [1.807, 2.05) is 50.4 Å². The van der Waals surface area contributed by atoms with Crippen LogP contribution >= 0.6 is 22.9 Å². The van der Waals surface area contributed by atoms with E-state index in [0.717, 1.165) is 22.6 Å². The Hall–Kier alpha value is -3.34. The van der Waals surface area contributed by atoms with Gasteiger partial charge in [0.1, 0.15) is 36.4 Å². The molecule has 1 heterocycles. The van der Waals surface area contributed by atoms with Crippen LogP contribution in [0, 0.1) is 32.1 Å². The summed E-state index contributed by atoms with van der Waals surface area (Å²) in [7, 11) is 0. The SMILES string of the molecule is Cc1csc(NC(=O)C(C#N)=Cc2ccc(OCCOc3c(C)cccc3C)c(Cl)c2)n1. The summed E-state index contributed by atoms with van der Waals surface area (Å²) in [6.45, 7) is 6.52. The van der Waals surface area contributed by atoms with Gasteiger partial charge in [0.25, 0.3) is 5.91 Å². The van der Waals surface area contributed by atoms with Crippen LogP contribution in [0.1, 0.15) is 22.4 Å². The van der Waals surface area contributed by atoms with Gasteiger partial charge in [0.2, 0.25) is 0 Å². The summed E-state index contributed by atoms with van der Waals surface area (Å²) in [6.07, 6.45) is 1.47. The van der Waals surface area contributed by atoms with Crippen LogP contribution in [0.5, 0.6) is 11.5 Å². The van der Waals surface area contributed by atoms with Crippen molar-refractivity contribution in [2.75, 3.05) is 18.5 Å². The fourth-order valence-corrected chi connectivity index (χ4v) is 3.86. The maximum Gasteiger partial charge on any atom is 0.268 e. The van der Waals surface area contributed by atoms with Crippen LogP contribution < -0.4 is 14.8 Å². The molecule has 0 radical (unpaired) electrons. The largest absolute Gasteiger partial charge is 0.489 e.